The molecule has 0 spiro atoms. The molecule has 3 rings (SSSR count). The van der Waals surface area contributed by atoms with E-state index in [1.807, 2.05) is 30.5 Å². The molecule has 6 heteroatoms. The largest absolute Gasteiger partial charge is 0.344 e. The Balaban J connectivity index is 1.67. The molecule has 1 aliphatic rings. The number of aromatic nitrogens is 1. The van der Waals surface area contributed by atoms with Gasteiger partial charge in [0.25, 0.3) is 0 Å². The van der Waals surface area contributed by atoms with Crippen LogP contribution in [0.25, 0.3) is 0 Å². The van der Waals surface area contributed by atoms with Crippen molar-refractivity contribution < 1.29 is 9.59 Å². The van der Waals surface area contributed by atoms with Gasteiger partial charge in [0.15, 0.2) is 0 Å². The molecule has 5 nitrogen and oxygen atoms in total. The summed E-state index contributed by atoms with van der Waals surface area (Å²) in [5, 5.41) is 8.91. The molecule has 1 fully saturated rings. The highest BCUT2D eigenvalue weighted by molar-refractivity contribution is 7.09. The summed E-state index contributed by atoms with van der Waals surface area (Å²) in [5.74, 6) is -0.297. The Kier molecular flexibility index (Phi) is 4.99. The van der Waals surface area contributed by atoms with Crippen LogP contribution >= 0.6 is 11.3 Å². The fourth-order valence-electron chi connectivity index (χ4n) is 2.95. The number of amides is 2. The molecule has 25 heavy (non-hydrogen) atoms. The number of carbonyl (C=O) groups excluding carboxylic acids is 2. The average Bonchev–Trinajstić information content (AvgIpc) is 2.97. The lowest BCUT2D eigenvalue weighted by molar-refractivity contribution is -0.123. The van der Waals surface area contributed by atoms with Crippen molar-refractivity contribution >= 4 is 28.8 Å². The summed E-state index contributed by atoms with van der Waals surface area (Å²) in [7, 11) is 0. The van der Waals surface area contributed by atoms with Crippen LogP contribution in [0.3, 0.4) is 0 Å². The Labute approximate surface area is 151 Å². The van der Waals surface area contributed by atoms with Crippen LogP contribution in [-0.2, 0) is 21.5 Å². The zero-order valence-corrected chi connectivity index (χ0v) is 15.0. The maximum atomic E-state index is 12.6. The number of rotatable bonds is 6. The summed E-state index contributed by atoms with van der Waals surface area (Å²) in [6, 6.07) is 7.30. The van der Waals surface area contributed by atoms with Crippen LogP contribution in [0, 0.1) is 6.92 Å². The number of thiazole rings is 1. The third-order valence-electron chi connectivity index (χ3n) is 4.36. The molecule has 0 bridgehead atoms. The van der Waals surface area contributed by atoms with Gasteiger partial charge in [0.2, 0.25) is 11.8 Å². The van der Waals surface area contributed by atoms with Crippen LogP contribution in [0.5, 0.6) is 0 Å². The number of hydrogen-bond acceptors (Lipinski definition) is 4. The summed E-state index contributed by atoms with van der Waals surface area (Å²) in [4.78, 5) is 28.5. The van der Waals surface area contributed by atoms with Crippen molar-refractivity contribution in [2.24, 2.45) is 0 Å². The first-order valence-electron chi connectivity index (χ1n) is 8.27. The predicted octanol–water partition coefficient (Wildman–Crippen LogP) is 3.31. The summed E-state index contributed by atoms with van der Waals surface area (Å²) in [6.45, 7) is 5.40. The monoisotopic (exact) mass is 355 g/mol. The summed E-state index contributed by atoms with van der Waals surface area (Å²) in [6.07, 6.45) is 4.45. The fraction of sp³-hybridized carbons (Fsp3) is 0.316. The second-order valence-electron chi connectivity index (χ2n) is 6.35. The van der Waals surface area contributed by atoms with E-state index in [0.717, 1.165) is 35.5 Å². The van der Waals surface area contributed by atoms with Gasteiger partial charge in [-0.25, -0.2) is 4.98 Å². The van der Waals surface area contributed by atoms with Gasteiger partial charge in [0.05, 0.1) is 12.0 Å². The van der Waals surface area contributed by atoms with Gasteiger partial charge < -0.3 is 10.6 Å². The third-order valence-corrected chi connectivity index (χ3v) is 5.52. The summed E-state index contributed by atoms with van der Waals surface area (Å²) in [5.41, 5.74) is 2.20. The molecular weight excluding hydrogens is 334 g/mol. The molecule has 1 aliphatic carbocycles. The Hall–Kier alpha value is -2.47. The van der Waals surface area contributed by atoms with Crippen LogP contribution in [0.1, 0.15) is 35.5 Å². The van der Waals surface area contributed by atoms with Gasteiger partial charge in [-0.05, 0) is 50.0 Å². The highest BCUT2D eigenvalue weighted by Gasteiger charge is 2.42. The normalized spacial score (nSPS) is 15.1. The molecule has 2 aromatic rings. The summed E-state index contributed by atoms with van der Waals surface area (Å²) >= 11 is 1.61. The lowest BCUT2D eigenvalue weighted by Gasteiger charge is -2.40. The minimum absolute atomic E-state index is 0.0280. The van der Waals surface area contributed by atoms with Crippen molar-refractivity contribution in [3.63, 3.8) is 0 Å². The maximum Gasteiger partial charge on any atom is 0.247 e. The van der Waals surface area contributed by atoms with Crippen molar-refractivity contribution in [3.05, 3.63) is 58.6 Å². The van der Waals surface area contributed by atoms with Gasteiger partial charge in [-0.15, -0.1) is 11.3 Å². The van der Waals surface area contributed by atoms with Gasteiger partial charge >= 0.3 is 0 Å². The Morgan fingerprint density at radius 1 is 1.40 bits per heavy atom. The SMILES string of the molecule is C=CC(=O)Nc1cccc(CC(=O)NC2(c3nc(C)cs3)CCC2)c1. The van der Waals surface area contributed by atoms with Crippen molar-refractivity contribution in [2.75, 3.05) is 5.32 Å². The molecular formula is C19H21N3O2S. The van der Waals surface area contributed by atoms with Gasteiger partial charge in [-0.2, -0.15) is 0 Å². The number of anilines is 1. The van der Waals surface area contributed by atoms with Crippen LogP contribution in [-0.4, -0.2) is 16.8 Å². The minimum Gasteiger partial charge on any atom is -0.344 e. The molecule has 2 N–H and O–H groups in total. The highest BCUT2D eigenvalue weighted by atomic mass is 32.1. The van der Waals surface area contributed by atoms with E-state index in [2.05, 4.69) is 22.2 Å². The maximum absolute atomic E-state index is 12.6. The molecule has 0 unspecified atom stereocenters. The second-order valence-corrected chi connectivity index (χ2v) is 7.21. The number of carbonyl (C=O) groups is 2. The number of hydrogen-bond donors (Lipinski definition) is 2. The number of aryl methyl sites for hydroxylation is 1. The molecule has 0 saturated heterocycles. The number of benzene rings is 1. The predicted molar refractivity (Wildman–Crippen MR) is 99.5 cm³/mol. The van der Waals surface area contributed by atoms with Crippen molar-refractivity contribution in [1.82, 2.24) is 10.3 Å². The topological polar surface area (TPSA) is 71.1 Å². The zero-order valence-electron chi connectivity index (χ0n) is 14.2. The van der Waals surface area contributed by atoms with Crippen LogP contribution in [0.4, 0.5) is 5.69 Å². The van der Waals surface area contributed by atoms with Crippen molar-refractivity contribution in [3.8, 4) is 0 Å². The molecule has 1 heterocycles. The van der Waals surface area contributed by atoms with E-state index in [1.165, 1.54) is 6.08 Å². The smallest absolute Gasteiger partial charge is 0.247 e. The molecule has 1 aromatic carbocycles. The standard InChI is InChI=1S/C19H21N3O2S/c1-3-16(23)21-15-7-4-6-14(10-15)11-17(24)22-19(8-5-9-19)18-20-13(2)12-25-18/h3-4,6-7,10,12H,1,5,8-9,11H2,2H3,(H,21,23)(H,22,24). The van der Waals surface area contributed by atoms with Gasteiger partial charge in [-0.3, -0.25) is 9.59 Å². The second kappa shape index (κ2) is 7.19. The van der Waals surface area contributed by atoms with Gasteiger partial charge in [-0.1, -0.05) is 18.7 Å². The Morgan fingerprint density at radius 2 is 2.20 bits per heavy atom. The van der Waals surface area contributed by atoms with E-state index in [4.69, 9.17) is 0 Å². The van der Waals surface area contributed by atoms with E-state index in [0.29, 0.717) is 5.69 Å². The van der Waals surface area contributed by atoms with E-state index in [1.54, 1.807) is 17.4 Å². The molecule has 130 valence electrons. The highest BCUT2D eigenvalue weighted by Crippen LogP contribution is 2.42. The Bertz CT molecular complexity index is 809. The Morgan fingerprint density at radius 3 is 2.80 bits per heavy atom. The quantitative estimate of drug-likeness (QED) is 0.781. The number of nitrogens with one attached hydrogen (secondary N) is 2. The molecule has 1 aromatic heterocycles. The van der Waals surface area contributed by atoms with Crippen molar-refractivity contribution in [1.29, 1.82) is 0 Å². The van der Waals surface area contributed by atoms with E-state index < -0.39 is 0 Å². The molecule has 0 aliphatic heterocycles. The van der Waals surface area contributed by atoms with Gasteiger partial charge in [0, 0.05) is 16.8 Å². The van der Waals surface area contributed by atoms with E-state index in [-0.39, 0.29) is 23.8 Å². The first kappa shape index (κ1) is 17.4. The average molecular weight is 355 g/mol. The van der Waals surface area contributed by atoms with Gasteiger partial charge in [0.1, 0.15) is 5.01 Å². The lowest BCUT2D eigenvalue weighted by atomic mass is 9.77. The first-order valence-corrected chi connectivity index (χ1v) is 9.15. The lowest BCUT2D eigenvalue weighted by Crippen LogP contribution is -2.51. The first-order chi connectivity index (χ1) is 12.0. The number of nitrogens with zero attached hydrogens (tertiary/aromatic N) is 1. The fourth-order valence-corrected chi connectivity index (χ4v) is 3.96. The molecule has 0 atom stereocenters. The van der Waals surface area contributed by atoms with E-state index in [9.17, 15) is 9.59 Å². The third kappa shape index (κ3) is 3.96. The minimum atomic E-state index is -0.301. The van der Waals surface area contributed by atoms with Crippen molar-refractivity contribution in [2.45, 2.75) is 38.1 Å². The summed E-state index contributed by atoms with van der Waals surface area (Å²) < 4.78 is 0. The zero-order chi connectivity index (χ0) is 17.9. The van der Waals surface area contributed by atoms with Crippen LogP contribution in [0.15, 0.2) is 42.3 Å². The molecule has 2 amide bonds. The van der Waals surface area contributed by atoms with E-state index >= 15 is 0 Å². The molecule has 0 radical (unpaired) electrons. The van der Waals surface area contributed by atoms with Crippen LogP contribution in [0.2, 0.25) is 0 Å². The molecule has 1 saturated carbocycles. The van der Waals surface area contributed by atoms with Crippen LogP contribution < -0.4 is 10.6 Å².